The number of nitrogens with zero attached hydrogens (tertiary/aromatic N) is 2. The maximum absolute atomic E-state index is 10.9. The monoisotopic (exact) mass is 278 g/mol. The van der Waals surface area contributed by atoms with Gasteiger partial charge in [-0.3, -0.25) is 4.79 Å². The molecule has 1 N–H and O–H groups in total. The quantitative estimate of drug-likeness (QED) is 0.765. The lowest BCUT2D eigenvalue weighted by molar-refractivity contribution is -0.140. The van der Waals surface area contributed by atoms with Gasteiger partial charge in [-0.05, 0) is 12.1 Å². The molecule has 0 amide bonds. The highest BCUT2D eigenvalue weighted by Gasteiger charge is 2.17. The Labute approximate surface area is 118 Å². The van der Waals surface area contributed by atoms with Gasteiger partial charge in [0.2, 0.25) is 0 Å². The Morgan fingerprint density at radius 1 is 1.40 bits per heavy atom. The molecule has 1 aromatic carbocycles. The van der Waals surface area contributed by atoms with Crippen LogP contribution in [0.4, 0.5) is 5.69 Å². The molecule has 0 fully saturated rings. The summed E-state index contributed by atoms with van der Waals surface area (Å²) in [6.07, 6.45) is 0. The molecule has 0 radical (unpaired) electrons. The van der Waals surface area contributed by atoms with Crippen molar-refractivity contribution in [3.05, 3.63) is 18.2 Å². The molecule has 0 saturated carbocycles. The fourth-order valence-electron chi connectivity index (χ4n) is 1.78. The number of nitriles is 1. The van der Waals surface area contributed by atoms with Gasteiger partial charge in [-0.15, -0.1) is 0 Å². The zero-order valence-electron chi connectivity index (χ0n) is 11.8. The Morgan fingerprint density at radius 2 is 2.05 bits per heavy atom. The van der Waals surface area contributed by atoms with Gasteiger partial charge in [0.1, 0.15) is 6.54 Å². The molecule has 0 aliphatic heterocycles. The van der Waals surface area contributed by atoms with E-state index < -0.39 is 11.9 Å². The highest BCUT2D eigenvalue weighted by atomic mass is 16.5. The first kappa shape index (κ1) is 15.6. The smallest absolute Gasteiger partial charge is 0.308 e. The molecule has 0 heterocycles. The molecule has 6 heteroatoms. The van der Waals surface area contributed by atoms with Crippen LogP contribution < -0.4 is 14.4 Å². The van der Waals surface area contributed by atoms with E-state index in [1.54, 1.807) is 30.0 Å². The Hall–Kier alpha value is -2.42. The Bertz CT molecular complexity index is 510. The van der Waals surface area contributed by atoms with Crippen molar-refractivity contribution in [3.8, 4) is 17.6 Å². The third-order valence-corrected chi connectivity index (χ3v) is 2.91. The summed E-state index contributed by atoms with van der Waals surface area (Å²) in [5.74, 6) is -0.347. The van der Waals surface area contributed by atoms with E-state index in [-0.39, 0.29) is 13.1 Å². The van der Waals surface area contributed by atoms with Crippen molar-refractivity contribution in [3.63, 3.8) is 0 Å². The van der Waals surface area contributed by atoms with Gasteiger partial charge in [-0.25, -0.2) is 0 Å². The zero-order valence-corrected chi connectivity index (χ0v) is 11.8. The Balaban J connectivity index is 3.03. The van der Waals surface area contributed by atoms with E-state index in [2.05, 4.69) is 0 Å². The predicted molar refractivity (Wildman–Crippen MR) is 74.2 cm³/mol. The number of benzene rings is 1. The number of carbonyl (C=O) groups is 1. The number of carboxylic acids is 1. The van der Waals surface area contributed by atoms with Crippen LogP contribution in [0.25, 0.3) is 0 Å². The lowest BCUT2D eigenvalue weighted by Gasteiger charge is -2.24. The number of carboxylic acid groups (broad SMARTS) is 1. The van der Waals surface area contributed by atoms with Crippen LogP contribution in [-0.4, -0.2) is 38.4 Å². The molecule has 0 aromatic heterocycles. The zero-order chi connectivity index (χ0) is 15.1. The van der Waals surface area contributed by atoms with E-state index in [1.807, 2.05) is 6.07 Å². The predicted octanol–water partition coefficient (Wildman–Crippen LogP) is 1.75. The average Bonchev–Trinajstić information content (AvgIpc) is 2.45. The second-order valence-corrected chi connectivity index (χ2v) is 4.32. The lowest BCUT2D eigenvalue weighted by atomic mass is 10.1. The maximum Gasteiger partial charge on any atom is 0.308 e. The van der Waals surface area contributed by atoms with Crippen LogP contribution in [0.3, 0.4) is 0 Å². The number of aliphatic carboxylic acids is 1. The van der Waals surface area contributed by atoms with E-state index in [4.69, 9.17) is 19.8 Å². The molecule has 1 aromatic rings. The fraction of sp³-hybridized carbons (Fsp3) is 0.429. The van der Waals surface area contributed by atoms with Gasteiger partial charge >= 0.3 is 5.97 Å². The molecule has 0 spiro atoms. The summed E-state index contributed by atoms with van der Waals surface area (Å²) >= 11 is 0. The summed E-state index contributed by atoms with van der Waals surface area (Å²) < 4.78 is 10.4. The highest BCUT2D eigenvalue weighted by molar-refractivity contribution is 5.70. The minimum absolute atomic E-state index is 0.104. The Morgan fingerprint density at radius 3 is 2.55 bits per heavy atom. The van der Waals surface area contributed by atoms with Crippen LogP contribution in [0.15, 0.2) is 18.2 Å². The van der Waals surface area contributed by atoms with Gasteiger partial charge in [0, 0.05) is 18.3 Å². The number of rotatable bonds is 7. The number of ether oxygens (including phenoxy) is 2. The van der Waals surface area contributed by atoms with Crippen molar-refractivity contribution in [2.45, 2.75) is 6.92 Å². The van der Waals surface area contributed by atoms with Crippen molar-refractivity contribution >= 4 is 11.7 Å². The molecule has 6 nitrogen and oxygen atoms in total. The molecule has 20 heavy (non-hydrogen) atoms. The van der Waals surface area contributed by atoms with Gasteiger partial charge in [0.05, 0.1) is 26.2 Å². The van der Waals surface area contributed by atoms with E-state index in [1.165, 1.54) is 14.2 Å². The molecule has 1 unspecified atom stereocenters. The fourth-order valence-corrected chi connectivity index (χ4v) is 1.78. The number of hydrogen-bond donors (Lipinski definition) is 1. The largest absolute Gasteiger partial charge is 0.493 e. The molecule has 1 atom stereocenters. The van der Waals surface area contributed by atoms with E-state index in [9.17, 15) is 4.79 Å². The minimum Gasteiger partial charge on any atom is -0.493 e. The minimum atomic E-state index is -0.895. The van der Waals surface area contributed by atoms with Gasteiger partial charge in [-0.1, -0.05) is 6.92 Å². The first-order valence-corrected chi connectivity index (χ1v) is 6.10. The van der Waals surface area contributed by atoms with Crippen LogP contribution in [0.5, 0.6) is 11.5 Å². The van der Waals surface area contributed by atoms with Crippen molar-refractivity contribution in [1.82, 2.24) is 0 Å². The van der Waals surface area contributed by atoms with Crippen molar-refractivity contribution in [2.24, 2.45) is 5.92 Å². The van der Waals surface area contributed by atoms with Crippen LogP contribution in [0.2, 0.25) is 0 Å². The SMILES string of the molecule is COc1ccc(N(CC#N)CC(C)C(=O)O)cc1OC. The maximum atomic E-state index is 10.9. The number of hydrogen-bond acceptors (Lipinski definition) is 5. The topological polar surface area (TPSA) is 82.8 Å². The highest BCUT2D eigenvalue weighted by Crippen LogP contribution is 2.31. The summed E-state index contributed by atoms with van der Waals surface area (Å²) in [5, 5.41) is 17.9. The van der Waals surface area contributed by atoms with Gasteiger partial charge in [0.15, 0.2) is 11.5 Å². The standard InChI is InChI=1S/C14H18N2O4/c1-10(14(17)18)9-16(7-6-15)11-4-5-12(19-2)13(8-11)20-3/h4-5,8,10H,7,9H2,1-3H3,(H,17,18). The average molecular weight is 278 g/mol. The Kier molecular flexibility index (Phi) is 5.66. The molecule has 0 aliphatic rings. The second-order valence-electron chi connectivity index (χ2n) is 4.32. The third kappa shape index (κ3) is 3.79. The number of methoxy groups -OCH3 is 2. The van der Waals surface area contributed by atoms with E-state index >= 15 is 0 Å². The summed E-state index contributed by atoms with van der Waals surface area (Å²) in [5.41, 5.74) is 0.720. The van der Waals surface area contributed by atoms with Gasteiger partial charge in [0.25, 0.3) is 0 Å². The van der Waals surface area contributed by atoms with E-state index in [0.717, 1.165) is 5.69 Å². The molecule has 1 rings (SSSR count). The summed E-state index contributed by atoms with van der Waals surface area (Å²) in [6.45, 7) is 1.96. The molecule has 0 bridgehead atoms. The molecule has 0 saturated heterocycles. The van der Waals surface area contributed by atoms with Crippen LogP contribution >= 0.6 is 0 Å². The molecular formula is C14H18N2O4. The first-order chi connectivity index (χ1) is 9.53. The lowest BCUT2D eigenvalue weighted by Crippen LogP contribution is -2.32. The van der Waals surface area contributed by atoms with Crippen molar-refractivity contribution < 1.29 is 19.4 Å². The molecule has 0 aliphatic carbocycles. The molecular weight excluding hydrogens is 260 g/mol. The second kappa shape index (κ2) is 7.24. The summed E-state index contributed by atoms with van der Waals surface area (Å²) in [7, 11) is 3.06. The number of anilines is 1. The first-order valence-electron chi connectivity index (χ1n) is 6.10. The molecule has 108 valence electrons. The van der Waals surface area contributed by atoms with Gasteiger partial charge < -0.3 is 19.5 Å². The van der Waals surface area contributed by atoms with Gasteiger partial charge in [-0.2, -0.15) is 5.26 Å². The summed E-state index contributed by atoms with van der Waals surface area (Å²) in [4.78, 5) is 12.6. The summed E-state index contributed by atoms with van der Waals surface area (Å²) in [6, 6.07) is 7.26. The van der Waals surface area contributed by atoms with Crippen molar-refractivity contribution in [2.75, 3.05) is 32.2 Å². The van der Waals surface area contributed by atoms with Crippen LogP contribution in [0.1, 0.15) is 6.92 Å². The van der Waals surface area contributed by atoms with Crippen LogP contribution in [-0.2, 0) is 4.79 Å². The van der Waals surface area contributed by atoms with Crippen molar-refractivity contribution in [1.29, 1.82) is 5.26 Å². The van der Waals surface area contributed by atoms with Crippen LogP contribution in [0, 0.1) is 17.2 Å². The normalized spacial score (nSPS) is 11.3. The van der Waals surface area contributed by atoms with E-state index in [0.29, 0.717) is 11.5 Å². The third-order valence-electron chi connectivity index (χ3n) is 2.91.